The van der Waals surface area contributed by atoms with E-state index in [0.29, 0.717) is 0 Å². The van der Waals surface area contributed by atoms with E-state index in [9.17, 15) is 14.7 Å². The summed E-state index contributed by atoms with van der Waals surface area (Å²) in [7, 11) is 0. The first-order chi connectivity index (χ1) is 12.9. The molecule has 2 unspecified atom stereocenters. The largest absolute Gasteiger partial charge is 0.481 e. The molecule has 0 aromatic heterocycles. The Morgan fingerprint density at radius 2 is 1.63 bits per heavy atom. The number of hydrogen-bond acceptors (Lipinski definition) is 2. The van der Waals surface area contributed by atoms with Crippen molar-refractivity contribution in [2.24, 2.45) is 29.1 Å². The second kappa shape index (κ2) is 7.29. The van der Waals surface area contributed by atoms with E-state index in [-0.39, 0.29) is 23.7 Å². The maximum absolute atomic E-state index is 13.0. The molecule has 4 bridgehead atoms. The van der Waals surface area contributed by atoms with E-state index in [0.717, 1.165) is 29.9 Å². The number of carbonyl (C=O) groups is 2. The SMILES string of the molecule is CC(c1ccccc1)C(CC(=O)O)C(=O)NCC12CC3CC(CC(C3)C1)C2. The van der Waals surface area contributed by atoms with Crippen molar-refractivity contribution in [2.45, 2.75) is 57.8 Å². The maximum atomic E-state index is 13.0. The van der Waals surface area contributed by atoms with E-state index < -0.39 is 11.9 Å². The summed E-state index contributed by atoms with van der Waals surface area (Å²) in [6.07, 6.45) is 7.79. The summed E-state index contributed by atoms with van der Waals surface area (Å²) in [6.45, 7) is 2.69. The number of benzene rings is 1. The zero-order valence-electron chi connectivity index (χ0n) is 16.2. The van der Waals surface area contributed by atoms with E-state index in [1.807, 2.05) is 37.3 Å². The van der Waals surface area contributed by atoms with Gasteiger partial charge in [0.15, 0.2) is 0 Å². The minimum Gasteiger partial charge on any atom is -0.481 e. The summed E-state index contributed by atoms with van der Waals surface area (Å²) in [5.41, 5.74) is 1.29. The van der Waals surface area contributed by atoms with Crippen LogP contribution in [0.5, 0.6) is 0 Å². The molecular weight excluding hydrogens is 338 g/mol. The second-order valence-electron chi connectivity index (χ2n) is 9.54. The van der Waals surface area contributed by atoms with Crippen molar-refractivity contribution >= 4 is 11.9 Å². The molecule has 4 aliphatic rings. The Hall–Kier alpha value is -1.84. The van der Waals surface area contributed by atoms with Crippen LogP contribution in [0.3, 0.4) is 0 Å². The van der Waals surface area contributed by atoms with Crippen LogP contribution in [0, 0.1) is 29.1 Å². The minimum absolute atomic E-state index is 0.0931. The summed E-state index contributed by atoms with van der Waals surface area (Å²) in [6, 6.07) is 9.78. The third kappa shape index (κ3) is 3.90. The summed E-state index contributed by atoms with van der Waals surface area (Å²) in [5, 5.41) is 12.5. The fraction of sp³-hybridized carbons (Fsp3) is 0.652. The van der Waals surface area contributed by atoms with Gasteiger partial charge in [0.2, 0.25) is 5.91 Å². The van der Waals surface area contributed by atoms with Gasteiger partial charge < -0.3 is 10.4 Å². The lowest BCUT2D eigenvalue weighted by atomic mass is 9.49. The number of nitrogens with one attached hydrogen (secondary N) is 1. The lowest BCUT2D eigenvalue weighted by molar-refractivity contribution is -0.142. The van der Waals surface area contributed by atoms with E-state index in [1.165, 1.54) is 38.5 Å². The van der Waals surface area contributed by atoms with Crippen LogP contribution < -0.4 is 5.32 Å². The highest BCUT2D eigenvalue weighted by Gasteiger charge is 2.50. The van der Waals surface area contributed by atoms with Crippen LogP contribution in [0.2, 0.25) is 0 Å². The van der Waals surface area contributed by atoms with Crippen LogP contribution in [-0.2, 0) is 9.59 Å². The van der Waals surface area contributed by atoms with Gasteiger partial charge >= 0.3 is 5.97 Å². The first-order valence-corrected chi connectivity index (χ1v) is 10.5. The van der Waals surface area contributed by atoms with Crippen LogP contribution in [0.15, 0.2) is 30.3 Å². The van der Waals surface area contributed by atoms with Gasteiger partial charge in [0, 0.05) is 6.54 Å². The molecule has 1 aromatic carbocycles. The zero-order chi connectivity index (χ0) is 19.0. The van der Waals surface area contributed by atoms with Gasteiger partial charge in [0.1, 0.15) is 0 Å². The van der Waals surface area contributed by atoms with E-state index in [1.54, 1.807) is 0 Å². The van der Waals surface area contributed by atoms with Crippen molar-refractivity contribution in [2.75, 3.05) is 6.54 Å². The summed E-state index contributed by atoms with van der Waals surface area (Å²) >= 11 is 0. The Balaban J connectivity index is 1.43. The van der Waals surface area contributed by atoms with Crippen molar-refractivity contribution < 1.29 is 14.7 Å². The Kier molecular flexibility index (Phi) is 5.00. The number of carboxylic acids is 1. The molecule has 4 heteroatoms. The van der Waals surface area contributed by atoms with Crippen LogP contribution in [0.4, 0.5) is 0 Å². The predicted octanol–water partition coefficient (Wildman–Crippen LogP) is 4.21. The average Bonchev–Trinajstić information content (AvgIpc) is 2.63. The molecular formula is C23H31NO3. The van der Waals surface area contributed by atoms with Gasteiger partial charge in [-0.15, -0.1) is 0 Å². The first-order valence-electron chi connectivity index (χ1n) is 10.5. The predicted molar refractivity (Wildman–Crippen MR) is 104 cm³/mol. The summed E-state index contributed by atoms with van der Waals surface area (Å²) in [5.74, 6) is 0.915. The molecule has 2 N–H and O–H groups in total. The molecule has 0 aliphatic heterocycles. The normalized spacial score (nSPS) is 33.4. The Labute approximate surface area is 161 Å². The van der Waals surface area contributed by atoms with Gasteiger partial charge in [-0.1, -0.05) is 37.3 Å². The van der Waals surface area contributed by atoms with Gasteiger partial charge in [0.05, 0.1) is 12.3 Å². The maximum Gasteiger partial charge on any atom is 0.304 e. The van der Waals surface area contributed by atoms with Crippen LogP contribution >= 0.6 is 0 Å². The highest BCUT2D eigenvalue weighted by Crippen LogP contribution is 2.59. The molecule has 4 saturated carbocycles. The van der Waals surface area contributed by atoms with Crippen LogP contribution in [-0.4, -0.2) is 23.5 Å². The topological polar surface area (TPSA) is 66.4 Å². The molecule has 146 valence electrons. The number of carboxylic acid groups (broad SMARTS) is 1. The standard InChI is InChI=1S/C23H31NO3/c1-15(19-5-3-2-4-6-19)20(10-21(25)26)22(27)24-14-23-11-16-7-17(12-23)9-18(8-16)13-23/h2-6,15-18,20H,7-14H2,1H3,(H,24,27)(H,25,26). The van der Waals surface area contributed by atoms with Crippen molar-refractivity contribution in [3.63, 3.8) is 0 Å². The lowest BCUT2D eigenvalue weighted by Crippen LogP contribution is -2.52. The summed E-state index contributed by atoms with van der Waals surface area (Å²) in [4.78, 5) is 24.4. The molecule has 1 aromatic rings. The second-order valence-corrected chi connectivity index (χ2v) is 9.54. The van der Waals surface area contributed by atoms with Gasteiger partial charge in [-0.3, -0.25) is 9.59 Å². The number of aliphatic carboxylic acids is 1. The smallest absolute Gasteiger partial charge is 0.304 e. The first kappa shape index (κ1) is 18.5. The molecule has 0 saturated heterocycles. The average molecular weight is 370 g/mol. The number of amides is 1. The highest BCUT2D eigenvalue weighted by atomic mass is 16.4. The third-order valence-corrected chi connectivity index (χ3v) is 7.46. The molecule has 4 aliphatic carbocycles. The Morgan fingerprint density at radius 3 is 2.15 bits per heavy atom. The molecule has 0 heterocycles. The monoisotopic (exact) mass is 369 g/mol. The van der Waals surface area contributed by atoms with Crippen molar-refractivity contribution in [1.29, 1.82) is 0 Å². The molecule has 5 rings (SSSR count). The van der Waals surface area contributed by atoms with Crippen molar-refractivity contribution in [3.8, 4) is 0 Å². The molecule has 0 spiro atoms. The fourth-order valence-electron chi connectivity index (χ4n) is 6.59. The Bertz CT molecular complexity index is 664. The van der Waals surface area contributed by atoms with Crippen LogP contribution in [0.1, 0.15) is 63.4 Å². The highest BCUT2D eigenvalue weighted by molar-refractivity contribution is 5.84. The van der Waals surface area contributed by atoms with Gasteiger partial charge in [-0.25, -0.2) is 0 Å². The quantitative estimate of drug-likeness (QED) is 0.756. The summed E-state index contributed by atoms with van der Waals surface area (Å²) < 4.78 is 0. The number of hydrogen-bond donors (Lipinski definition) is 2. The molecule has 27 heavy (non-hydrogen) atoms. The van der Waals surface area contributed by atoms with E-state index in [2.05, 4.69) is 5.32 Å². The minimum atomic E-state index is -0.910. The van der Waals surface area contributed by atoms with E-state index >= 15 is 0 Å². The molecule has 4 nitrogen and oxygen atoms in total. The van der Waals surface area contributed by atoms with Gasteiger partial charge in [0.25, 0.3) is 0 Å². The molecule has 4 fully saturated rings. The number of rotatable bonds is 7. The molecule has 0 radical (unpaired) electrons. The third-order valence-electron chi connectivity index (χ3n) is 7.46. The number of carbonyl (C=O) groups excluding carboxylic acids is 1. The van der Waals surface area contributed by atoms with E-state index in [4.69, 9.17) is 0 Å². The lowest BCUT2D eigenvalue weighted by Gasteiger charge is -2.57. The molecule has 1 amide bonds. The fourth-order valence-corrected chi connectivity index (χ4v) is 6.59. The Morgan fingerprint density at radius 1 is 1.07 bits per heavy atom. The van der Waals surface area contributed by atoms with Crippen LogP contribution in [0.25, 0.3) is 0 Å². The van der Waals surface area contributed by atoms with Gasteiger partial charge in [-0.05, 0) is 73.2 Å². The van der Waals surface area contributed by atoms with Gasteiger partial charge in [-0.2, -0.15) is 0 Å². The van der Waals surface area contributed by atoms with Crippen molar-refractivity contribution in [3.05, 3.63) is 35.9 Å². The van der Waals surface area contributed by atoms with Crippen molar-refractivity contribution in [1.82, 2.24) is 5.32 Å². The zero-order valence-corrected chi connectivity index (χ0v) is 16.2. The molecule has 2 atom stereocenters.